The second-order valence-electron chi connectivity index (χ2n) is 7.53. The van der Waals surface area contributed by atoms with Crippen molar-refractivity contribution in [2.45, 2.75) is 70.8 Å². The molecule has 3 nitrogen and oxygen atoms in total. The van der Waals surface area contributed by atoms with Gasteiger partial charge in [-0.2, -0.15) is 18.4 Å². The molecule has 1 saturated carbocycles. The highest BCUT2D eigenvalue weighted by atomic mass is 19.4. The molecule has 2 rings (SSSR count). The minimum Gasteiger partial charge on any atom is -0.465 e. The summed E-state index contributed by atoms with van der Waals surface area (Å²) in [5.74, 6) is -1.22. The van der Waals surface area contributed by atoms with E-state index in [1.807, 2.05) is 26.0 Å². The Labute approximate surface area is 159 Å². The Balaban J connectivity index is 1.90. The Morgan fingerprint density at radius 2 is 1.81 bits per heavy atom. The molecule has 1 aromatic carbocycles. The Morgan fingerprint density at radius 3 is 2.37 bits per heavy atom. The van der Waals surface area contributed by atoms with Crippen LogP contribution in [0.2, 0.25) is 0 Å². The first kappa shape index (κ1) is 21.6. The van der Waals surface area contributed by atoms with E-state index in [2.05, 4.69) is 6.07 Å². The molecule has 0 heterocycles. The fraction of sp³-hybridized carbons (Fsp3) is 0.667. The standard InChI is InChI=1S/C21H28F3NO2/c1-4-20(3,14-25)17-9-11-18(12-10-17)27-15(2)26-13-16-7-5-6-8-19(16)21(22,23)24/h9-12,15-16,19H,4-8,13H2,1-3H3. The van der Waals surface area contributed by atoms with E-state index in [1.165, 1.54) is 0 Å². The van der Waals surface area contributed by atoms with Crippen molar-refractivity contribution in [2.24, 2.45) is 11.8 Å². The first-order valence-corrected chi connectivity index (χ1v) is 9.56. The molecule has 150 valence electrons. The minimum absolute atomic E-state index is 0.0474. The molecule has 0 aliphatic heterocycles. The van der Waals surface area contributed by atoms with Crippen LogP contribution in [0.15, 0.2) is 24.3 Å². The number of rotatable bonds is 7. The molecule has 6 heteroatoms. The highest BCUT2D eigenvalue weighted by Gasteiger charge is 2.45. The number of hydrogen-bond acceptors (Lipinski definition) is 3. The van der Waals surface area contributed by atoms with Crippen molar-refractivity contribution in [2.75, 3.05) is 6.61 Å². The van der Waals surface area contributed by atoms with Crippen LogP contribution in [0, 0.1) is 23.2 Å². The van der Waals surface area contributed by atoms with Gasteiger partial charge in [-0.05, 0) is 56.7 Å². The highest BCUT2D eigenvalue weighted by molar-refractivity contribution is 5.35. The maximum atomic E-state index is 13.1. The normalized spacial score (nSPS) is 23.9. The van der Waals surface area contributed by atoms with Crippen molar-refractivity contribution in [3.63, 3.8) is 0 Å². The fourth-order valence-corrected chi connectivity index (χ4v) is 3.57. The number of halogens is 3. The van der Waals surface area contributed by atoms with E-state index in [1.54, 1.807) is 19.1 Å². The fourth-order valence-electron chi connectivity index (χ4n) is 3.57. The predicted octanol–water partition coefficient (Wildman–Crippen LogP) is 5.99. The van der Waals surface area contributed by atoms with Crippen LogP contribution in [0.25, 0.3) is 0 Å². The smallest absolute Gasteiger partial charge is 0.392 e. The van der Waals surface area contributed by atoms with E-state index in [4.69, 9.17) is 9.47 Å². The van der Waals surface area contributed by atoms with E-state index >= 15 is 0 Å². The Kier molecular flexibility index (Phi) is 7.16. The lowest BCUT2D eigenvalue weighted by molar-refractivity contribution is -0.207. The van der Waals surface area contributed by atoms with E-state index in [0.717, 1.165) is 12.0 Å². The summed E-state index contributed by atoms with van der Waals surface area (Å²) in [4.78, 5) is 0. The lowest BCUT2D eigenvalue weighted by Crippen LogP contribution is -2.36. The molecule has 0 N–H and O–H groups in total. The maximum absolute atomic E-state index is 13.1. The molecule has 0 bridgehead atoms. The van der Waals surface area contributed by atoms with Crippen molar-refractivity contribution in [1.29, 1.82) is 5.26 Å². The zero-order valence-electron chi connectivity index (χ0n) is 16.2. The zero-order valence-corrected chi connectivity index (χ0v) is 16.2. The van der Waals surface area contributed by atoms with Crippen molar-refractivity contribution in [1.82, 2.24) is 0 Å². The van der Waals surface area contributed by atoms with E-state index in [9.17, 15) is 18.4 Å². The molecule has 0 amide bonds. The van der Waals surface area contributed by atoms with Gasteiger partial charge < -0.3 is 9.47 Å². The summed E-state index contributed by atoms with van der Waals surface area (Å²) in [5, 5.41) is 9.34. The van der Waals surface area contributed by atoms with Gasteiger partial charge in [0.2, 0.25) is 0 Å². The lowest BCUT2D eigenvalue weighted by atomic mass is 9.79. The highest BCUT2D eigenvalue weighted by Crippen LogP contribution is 2.41. The quantitative estimate of drug-likeness (QED) is 0.543. The Bertz CT molecular complexity index is 638. The number of hydrogen-bond donors (Lipinski definition) is 0. The molecule has 0 spiro atoms. The summed E-state index contributed by atoms with van der Waals surface area (Å²) in [7, 11) is 0. The van der Waals surface area contributed by atoms with Crippen molar-refractivity contribution >= 4 is 0 Å². The van der Waals surface area contributed by atoms with Crippen LogP contribution in [-0.2, 0) is 10.2 Å². The lowest BCUT2D eigenvalue weighted by Gasteiger charge is -2.33. The van der Waals surface area contributed by atoms with Crippen LogP contribution < -0.4 is 4.74 Å². The third-order valence-corrected chi connectivity index (χ3v) is 5.62. The summed E-state index contributed by atoms with van der Waals surface area (Å²) < 4.78 is 50.7. The van der Waals surface area contributed by atoms with Gasteiger partial charge in [-0.3, -0.25) is 0 Å². The third-order valence-electron chi connectivity index (χ3n) is 5.62. The van der Waals surface area contributed by atoms with Crippen molar-refractivity contribution in [3.8, 4) is 11.8 Å². The third kappa shape index (κ3) is 5.62. The molecule has 0 saturated heterocycles. The zero-order chi connectivity index (χ0) is 20.1. The van der Waals surface area contributed by atoms with Crippen LogP contribution in [-0.4, -0.2) is 19.1 Å². The number of benzene rings is 1. The molecule has 0 aromatic heterocycles. The predicted molar refractivity (Wildman–Crippen MR) is 97.2 cm³/mol. The number of alkyl halides is 3. The summed E-state index contributed by atoms with van der Waals surface area (Å²) in [6.07, 6.45) is -1.95. The van der Waals surface area contributed by atoms with Gasteiger partial charge >= 0.3 is 6.18 Å². The van der Waals surface area contributed by atoms with Crippen molar-refractivity contribution < 1.29 is 22.6 Å². The molecule has 1 aliphatic rings. The topological polar surface area (TPSA) is 42.2 Å². The van der Waals surface area contributed by atoms with Gasteiger partial charge in [0.05, 0.1) is 24.0 Å². The molecule has 1 fully saturated rings. The van der Waals surface area contributed by atoms with Gasteiger partial charge in [0.25, 0.3) is 0 Å². The van der Waals surface area contributed by atoms with Gasteiger partial charge in [-0.15, -0.1) is 0 Å². The molecule has 4 atom stereocenters. The van der Waals surface area contributed by atoms with Crippen LogP contribution in [0.3, 0.4) is 0 Å². The number of ether oxygens (including phenoxy) is 2. The van der Waals surface area contributed by atoms with Gasteiger partial charge in [-0.25, -0.2) is 0 Å². The van der Waals surface area contributed by atoms with Crippen LogP contribution in [0.5, 0.6) is 5.75 Å². The number of nitriles is 1. The molecular weight excluding hydrogens is 355 g/mol. The second kappa shape index (κ2) is 8.97. The molecule has 0 radical (unpaired) electrons. The first-order valence-electron chi connectivity index (χ1n) is 9.56. The second-order valence-corrected chi connectivity index (χ2v) is 7.53. The van der Waals surface area contributed by atoms with Gasteiger partial charge in [-0.1, -0.05) is 31.9 Å². The largest absolute Gasteiger partial charge is 0.465 e. The summed E-state index contributed by atoms with van der Waals surface area (Å²) >= 11 is 0. The average molecular weight is 383 g/mol. The number of nitrogens with zero attached hydrogens (tertiary/aromatic N) is 1. The van der Waals surface area contributed by atoms with Crippen LogP contribution in [0.4, 0.5) is 13.2 Å². The molecule has 27 heavy (non-hydrogen) atoms. The maximum Gasteiger partial charge on any atom is 0.392 e. The molecule has 1 aliphatic carbocycles. The Morgan fingerprint density at radius 1 is 1.19 bits per heavy atom. The van der Waals surface area contributed by atoms with Crippen LogP contribution in [0.1, 0.15) is 58.4 Å². The van der Waals surface area contributed by atoms with E-state index in [0.29, 0.717) is 25.0 Å². The van der Waals surface area contributed by atoms with Gasteiger partial charge in [0.1, 0.15) is 5.75 Å². The monoisotopic (exact) mass is 383 g/mol. The van der Waals surface area contributed by atoms with Gasteiger partial charge in [0, 0.05) is 0 Å². The average Bonchev–Trinajstić information content (AvgIpc) is 2.66. The molecule has 4 unspecified atom stereocenters. The van der Waals surface area contributed by atoms with Gasteiger partial charge in [0.15, 0.2) is 6.29 Å². The van der Waals surface area contributed by atoms with E-state index in [-0.39, 0.29) is 13.0 Å². The summed E-state index contributed by atoms with van der Waals surface area (Å²) in [6, 6.07) is 9.53. The molecule has 1 aromatic rings. The minimum atomic E-state index is -4.17. The first-order chi connectivity index (χ1) is 12.7. The van der Waals surface area contributed by atoms with Crippen molar-refractivity contribution in [3.05, 3.63) is 29.8 Å². The Hall–Kier alpha value is -1.74. The SMILES string of the molecule is CCC(C)(C#N)c1ccc(OC(C)OCC2CCCCC2C(F)(F)F)cc1. The van der Waals surface area contributed by atoms with E-state index < -0.39 is 29.7 Å². The van der Waals surface area contributed by atoms with Crippen LogP contribution >= 0.6 is 0 Å². The molecular formula is C21H28F3NO2. The summed E-state index contributed by atoms with van der Waals surface area (Å²) in [6.45, 7) is 5.58. The summed E-state index contributed by atoms with van der Waals surface area (Å²) in [5.41, 5.74) is 0.359.